The van der Waals surface area contributed by atoms with Gasteiger partial charge in [0.1, 0.15) is 0 Å². The molecule has 14 heavy (non-hydrogen) atoms. The molecule has 0 bridgehead atoms. The third-order valence-electron chi connectivity index (χ3n) is 2.31. The second-order valence-corrected chi connectivity index (χ2v) is 3.69. The van der Waals surface area contributed by atoms with E-state index in [1.165, 1.54) is 16.8 Å². The van der Waals surface area contributed by atoms with Crippen LogP contribution in [0.4, 0.5) is 5.69 Å². The Kier molecular flexibility index (Phi) is 3.96. The number of benzene rings is 1. The fourth-order valence-electron chi connectivity index (χ4n) is 1.53. The zero-order chi connectivity index (χ0) is 10.6. The van der Waals surface area contributed by atoms with Crippen LogP contribution in [0.15, 0.2) is 18.2 Å². The molecule has 0 saturated carbocycles. The second kappa shape index (κ2) is 5.01. The van der Waals surface area contributed by atoms with Crippen molar-refractivity contribution in [1.82, 2.24) is 0 Å². The van der Waals surface area contributed by atoms with E-state index in [1.54, 1.807) is 6.92 Å². The van der Waals surface area contributed by atoms with Gasteiger partial charge in [0, 0.05) is 12.2 Å². The molecular weight excluding hydrogens is 174 g/mol. The number of para-hydroxylation sites is 1. The zero-order valence-corrected chi connectivity index (χ0v) is 9.17. The first-order valence-electron chi connectivity index (χ1n) is 5.15. The maximum absolute atomic E-state index is 9.21. The van der Waals surface area contributed by atoms with Crippen LogP contribution in [0.25, 0.3) is 0 Å². The number of rotatable bonds is 4. The number of hydrogen-bond acceptors (Lipinski definition) is 2. The molecule has 0 saturated heterocycles. The zero-order valence-electron chi connectivity index (χ0n) is 9.17. The normalized spacial score (nSPS) is 12.6. The molecule has 0 amide bonds. The average Bonchev–Trinajstić information content (AvgIpc) is 2.15. The van der Waals surface area contributed by atoms with E-state index >= 15 is 0 Å². The summed E-state index contributed by atoms with van der Waals surface area (Å²) in [5.41, 5.74) is 3.73. The summed E-state index contributed by atoms with van der Waals surface area (Å²) in [6.45, 7) is 6.63. The predicted octanol–water partition coefficient (Wildman–Crippen LogP) is 2.35. The predicted molar refractivity (Wildman–Crippen MR) is 60.7 cm³/mol. The van der Waals surface area contributed by atoms with E-state index < -0.39 is 0 Å². The molecule has 1 aromatic carbocycles. The number of aryl methyl sites for hydroxylation is 2. The molecule has 2 nitrogen and oxygen atoms in total. The minimum absolute atomic E-state index is 0.306. The van der Waals surface area contributed by atoms with Gasteiger partial charge in [0.25, 0.3) is 0 Å². The van der Waals surface area contributed by atoms with E-state index in [2.05, 4.69) is 37.4 Å². The largest absolute Gasteiger partial charge is 0.392 e. The lowest BCUT2D eigenvalue weighted by Crippen LogP contribution is -2.16. The van der Waals surface area contributed by atoms with Gasteiger partial charge < -0.3 is 10.4 Å². The van der Waals surface area contributed by atoms with Crippen molar-refractivity contribution >= 4 is 5.69 Å². The van der Waals surface area contributed by atoms with Crippen molar-refractivity contribution in [2.75, 3.05) is 11.9 Å². The van der Waals surface area contributed by atoms with Crippen LogP contribution in [0.5, 0.6) is 0 Å². The minimum Gasteiger partial charge on any atom is -0.392 e. The molecule has 0 aliphatic carbocycles. The van der Waals surface area contributed by atoms with Gasteiger partial charge >= 0.3 is 0 Å². The van der Waals surface area contributed by atoms with Crippen molar-refractivity contribution in [3.05, 3.63) is 29.3 Å². The van der Waals surface area contributed by atoms with Gasteiger partial charge in [-0.25, -0.2) is 0 Å². The molecule has 1 unspecified atom stereocenters. The molecule has 0 radical (unpaired) electrons. The van der Waals surface area contributed by atoms with Crippen molar-refractivity contribution in [3.8, 4) is 0 Å². The van der Waals surface area contributed by atoms with E-state index in [4.69, 9.17) is 0 Å². The average molecular weight is 193 g/mol. The monoisotopic (exact) mass is 193 g/mol. The molecule has 0 aliphatic heterocycles. The summed E-state index contributed by atoms with van der Waals surface area (Å²) in [5.74, 6) is 0. The molecule has 0 heterocycles. The van der Waals surface area contributed by atoms with Gasteiger partial charge in [0.15, 0.2) is 0 Å². The highest BCUT2D eigenvalue weighted by atomic mass is 16.3. The van der Waals surface area contributed by atoms with Crippen molar-refractivity contribution in [1.29, 1.82) is 0 Å². The molecule has 1 atom stereocenters. The Morgan fingerprint density at radius 3 is 2.71 bits per heavy atom. The van der Waals surface area contributed by atoms with Gasteiger partial charge in [-0.05, 0) is 31.4 Å². The lowest BCUT2D eigenvalue weighted by atomic mass is 10.1. The van der Waals surface area contributed by atoms with Crippen molar-refractivity contribution in [2.45, 2.75) is 33.3 Å². The van der Waals surface area contributed by atoms with Crippen molar-refractivity contribution in [2.24, 2.45) is 0 Å². The van der Waals surface area contributed by atoms with Crippen LogP contribution in [-0.4, -0.2) is 17.8 Å². The smallest absolute Gasteiger partial charge is 0.0684 e. The molecule has 0 spiro atoms. The molecule has 0 fully saturated rings. The van der Waals surface area contributed by atoms with Gasteiger partial charge in [-0.1, -0.05) is 25.1 Å². The number of aliphatic hydroxyl groups excluding tert-OH is 1. The number of anilines is 1. The maximum Gasteiger partial charge on any atom is 0.0684 e. The lowest BCUT2D eigenvalue weighted by molar-refractivity contribution is 0.208. The summed E-state index contributed by atoms with van der Waals surface area (Å²) in [6, 6.07) is 6.28. The Bertz CT molecular complexity index is 294. The topological polar surface area (TPSA) is 32.3 Å². The Balaban J connectivity index is 2.82. The first-order chi connectivity index (χ1) is 6.65. The summed E-state index contributed by atoms with van der Waals surface area (Å²) in [5, 5.41) is 12.5. The fourth-order valence-corrected chi connectivity index (χ4v) is 1.53. The van der Waals surface area contributed by atoms with Gasteiger partial charge in [-0.3, -0.25) is 0 Å². The van der Waals surface area contributed by atoms with Crippen LogP contribution in [0.3, 0.4) is 0 Å². The van der Waals surface area contributed by atoms with E-state index in [0.717, 1.165) is 6.42 Å². The van der Waals surface area contributed by atoms with Gasteiger partial charge in [-0.2, -0.15) is 0 Å². The number of aliphatic hydroxyl groups is 1. The molecule has 2 N–H and O–H groups in total. The standard InChI is InChI=1S/C12H19NO/c1-4-11-7-5-6-9(2)12(11)13-8-10(3)14/h5-7,10,13-14H,4,8H2,1-3H3. The van der Waals surface area contributed by atoms with Crippen LogP contribution < -0.4 is 5.32 Å². The van der Waals surface area contributed by atoms with Crippen LogP contribution in [0.2, 0.25) is 0 Å². The molecule has 1 aromatic rings. The maximum atomic E-state index is 9.21. The van der Waals surface area contributed by atoms with Crippen LogP contribution in [0.1, 0.15) is 25.0 Å². The third-order valence-corrected chi connectivity index (χ3v) is 2.31. The summed E-state index contributed by atoms with van der Waals surface area (Å²) < 4.78 is 0. The van der Waals surface area contributed by atoms with Gasteiger partial charge in [0.05, 0.1) is 6.10 Å². The summed E-state index contributed by atoms with van der Waals surface area (Å²) in [7, 11) is 0. The van der Waals surface area contributed by atoms with Gasteiger partial charge in [-0.15, -0.1) is 0 Å². The first-order valence-corrected chi connectivity index (χ1v) is 5.15. The first kappa shape index (κ1) is 11.1. The third kappa shape index (κ3) is 2.74. The van der Waals surface area contributed by atoms with E-state index in [9.17, 15) is 5.11 Å². The highest BCUT2D eigenvalue weighted by molar-refractivity contribution is 5.57. The quantitative estimate of drug-likeness (QED) is 0.769. The number of hydrogen-bond donors (Lipinski definition) is 2. The van der Waals surface area contributed by atoms with Crippen molar-refractivity contribution < 1.29 is 5.11 Å². The molecule has 2 heteroatoms. The van der Waals surface area contributed by atoms with Crippen molar-refractivity contribution in [3.63, 3.8) is 0 Å². The van der Waals surface area contributed by atoms with E-state index in [-0.39, 0.29) is 6.10 Å². The van der Waals surface area contributed by atoms with Crippen LogP contribution in [0, 0.1) is 6.92 Å². The summed E-state index contributed by atoms with van der Waals surface area (Å²) in [4.78, 5) is 0. The number of nitrogens with one attached hydrogen (secondary N) is 1. The summed E-state index contributed by atoms with van der Waals surface area (Å²) >= 11 is 0. The lowest BCUT2D eigenvalue weighted by Gasteiger charge is -2.14. The Morgan fingerprint density at radius 2 is 2.14 bits per heavy atom. The molecule has 1 rings (SSSR count). The fraction of sp³-hybridized carbons (Fsp3) is 0.500. The minimum atomic E-state index is -0.306. The SMILES string of the molecule is CCc1cccc(C)c1NCC(C)O. The highest BCUT2D eigenvalue weighted by Crippen LogP contribution is 2.20. The highest BCUT2D eigenvalue weighted by Gasteiger charge is 2.04. The molecule has 0 aromatic heterocycles. The Morgan fingerprint density at radius 1 is 1.43 bits per heavy atom. The second-order valence-electron chi connectivity index (χ2n) is 3.69. The van der Waals surface area contributed by atoms with Crippen LogP contribution >= 0.6 is 0 Å². The Labute approximate surface area is 86.0 Å². The molecular formula is C12H19NO. The van der Waals surface area contributed by atoms with Crippen LogP contribution in [-0.2, 0) is 6.42 Å². The molecule has 0 aliphatic rings. The van der Waals surface area contributed by atoms with E-state index in [0.29, 0.717) is 6.54 Å². The van der Waals surface area contributed by atoms with Gasteiger partial charge in [0.2, 0.25) is 0 Å². The summed E-state index contributed by atoms with van der Waals surface area (Å²) in [6.07, 6.45) is 0.711. The van der Waals surface area contributed by atoms with E-state index in [1.807, 2.05) is 0 Å². The molecule has 78 valence electrons. The Hall–Kier alpha value is -1.02.